The number of anilines is 1. The molecule has 0 amide bonds. The molecule has 98 valence electrons. The molecular weight excluding hydrogens is 246 g/mol. The van der Waals surface area contributed by atoms with Gasteiger partial charge in [-0.1, -0.05) is 32.1 Å². The van der Waals surface area contributed by atoms with Gasteiger partial charge in [0.2, 0.25) is 5.13 Å². The van der Waals surface area contributed by atoms with Crippen molar-refractivity contribution >= 4 is 16.5 Å². The Morgan fingerprint density at radius 3 is 2.61 bits per heavy atom. The Morgan fingerprint density at radius 1 is 1.33 bits per heavy atom. The number of hydrogen-bond donors (Lipinski definition) is 1. The van der Waals surface area contributed by atoms with Crippen molar-refractivity contribution < 1.29 is 0 Å². The Labute approximate surface area is 111 Å². The van der Waals surface area contributed by atoms with Gasteiger partial charge in [0, 0.05) is 30.8 Å². The maximum absolute atomic E-state index is 4.54. The zero-order chi connectivity index (χ0) is 13.3. The maximum Gasteiger partial charge on any atom is 0.205 e. The van der Waals surface area contributed by atoms with Gasteiger partial charge < -0.3 is 5.32 Å². The second kappa shape index (κ2) is 4.68. The lowest BCUT2D eigenvalue weighted by Gasteiger charge is -2.17. The van der Waals surface area contributed by atoms with Crippen LogP contribution in [0.1, 0.15) is 37.0 Å². The number of nitrogens with zero attached hydrogens (tertiary/aromatic N) is 4. The summed E-state index contributed by atoms with van der Waals surface area (Å²) >= 11 is 1.57. The number of hydrogen-bond acceptors (Lipinski definition) is 5. The molecule has 0 unspecified atom stereocenters. The van der Waals surface area contributed by atoms with Crippen LogP contribution in [0.2, 0.25) is 0 Å². The van der Waals surface area contributed by atoms with Gasteiger partial charge in [0.05, 0.1) is 5.69 Å². The van der Waals surface area contributed by atoms with E-state index in [2.05, 4.69) is 47.6 Å². The standard InChI is InChI=1S/C12H19N5S/c1-8-14-15-11(18-8)13-6-9-7-17(5)16-10(9)12(2,3)4/h7H,6H2,1-5H3,(H,13,15). The summed E-state index contributed by atoms with van der Waals surface area (Å²) in [6.45, 7) is 9.21. The molecule has 0 bridgehead atoms. The molecule has 0 aliphatic rings. The van der Waals surface area contributed by atoms with Crippen LogP contribution in [0.4, 0.5) is 5.13 Å². The molecule has 0 aliphatic carbocycles. The molecule has 0 radical (unpaired) electrons. The molecule has 2 heterocycles. The van der Waals surface area contributed by atoms with Gasteiger partial charge in [0.15, 0.2) is 0 Å². The highest BCUT2D eigenvalue weighted by molar-refractivity contribution is 7.15. The van der Waals surface area contributed by atoms with E-state index in [1.165, 1.54) is 5.56 Å². The number of aryl methyl sites for hydroxylation is 2. The van der Waals surface area contributed by atoms with Crippen LogP contribution in [-0.4, -0.2) is 20.0 Å². The van der Waals surface area contributed by atoms with E-state index in [4.69, 9.17) is 0 Å². The lowest BCUT2D eigenvalue weighted by Crippen LogP contribution is -2.16. The van der Waals surface area contributed by atoms with Crippen molar-refractivity contribution in [3.8, 4) is 0 Å². The first-order valence-corrected chi connectivity index (χ1v) is 6.75. The third-order valence-corrected chi connectivity index (χ3v) is 3.37. The van der Waals surface area contributed by atoms with Gasteiger partial charge >= 0.3 is 0 Å². The molecule has 2 aromatic heterocycles. The third-order valence-electron chi connectivity index (χ3n) is 2.57. The van der Waals surface area contributed by atoms with Gasteiger partial charge in [-0.3, -0.25) is 4.68 Å². The predicted octanol–water partition coefficient (Wildman–Crippen LogP) is 2.49. The molecule has 5 nitrogen and oxygen atoms in total. The molecule has 0 aromatic carbocycles. The quantitative estimate of drug-likeness (QED) is 0.926. The van der Waals surface area contributed by atoms with E-state index in [0.717, 1.165) is 22.4 Å². The van der Waals surface area contributed by atoms with Crippen LogP contribution in [0, 0.1) is 6.92 Å². The highest BCUT2D eigenvalue weighted by Crippen LogP contribution is 2.25. The first kappa shape index (κ1) is 13.0. The smallest absolute Gasteiger partial charge is 0.205 e. The molecular formula is C12H19N5S. The lowest BCUT2D eigenvalue weighted by atomic mass is 9.89. The summed E-state index contributed by atoms with van der Waals surface area (Å²) in [5, 5.41) is 17.7. The summed E-state index contributed by atoms with van der Waals surface area (Å²) in [4.78, 5) is 0. The molecule has 2 rings (SSSR count). The number of rotatable bonds is 3. The van der Waals surface area contributed by atoms with Crippen molar-refractivity contribution in [1.82, 2.24) is 20.0 Å². The van der Waals surface area contributed by atoms with Gasteiger partial charge in [-0.2, -0.15) is 5.10 Å². The third kappa shape index (κ3) is 2.87. The summed E-state index contributed by atoms with van der Waals surface area (Å²) < 4.78 is 1.86. The lowest BCUT2D eigenvalue weighted by molar-refractivity contribution is 0.549. The second-order valence-electron chi connectivity index (χ2n) is 5.41. The summed E-state index contributed by atoms with van der Waals surface area (Å²) in [6, 6.07) is 0. The van der Waals surface area contributed by atoms with Gasteiger partial charge in [-0.15, -0.1) is 10.2 Å². The number of aromatic nitrogens is 4. The monoisotopic (exact) mass is 265 g/mol. The van der Waals surface area contributed by atoms with Crippen molar-refractivity contribution in [1.29, 1.82) is 0 Å². The fourth-order valence-electron chi connectivity index (χ4n) is 1.84. The Morgan fingerprint density at radius 2 is 2.06 bits per heavy atom. The van der Waals surface area contributed by atoms with Crippen LogP contribution in [0.3, 0.4) is 0 Å². The van der Waals surface area contributed by atoms with Gasteiger partial charge in [-0.05, 0) is 6.92 Å². The van der Waals surface area contributed by atoms with E-state index in [0.29, 0.717) is 0 Å². The zero-order valence-electron chi connectivity index (χ0n) is 11.5. The topological polar surface area (TPSA) is 55.6 Å². The van der Waals surface area contributed by atoms with Crippen LogP contribution >= 0.6 is 11.3 Å². The predicted molar refractivity (Wildman–Crippen MR) is 73.9 cm³/mol. The van der Waals surface area contributed by atoms with Crippen molar-refractivity contribution in [3.05, 3.63) is 22.5 Å². The molecule has 0 aliphatic heterocycles. The largest absolute Gasteiger partial charge is 0.356 e. The minimum atomic E-state index is 0.0509. The van der Waals surface area contributed by atoms with E-state index in [1.807, 2.05) is 18.7 Å². The highest BCUT2D eigenvalue weighted by atomic mass is 32.1. The Hall–Kier alpha value is -1.43. The Bertz CT molecular complexity index is 535. The zero-order valence-corrected chi connectivity index (χ0v) is 12.3. The van der Waals surface area contributed by atoms with Crippen molar-refractivity contribution in [2.75, 3.05) is 5.32 Å². The normalized spacial score (nSPS) is 11.8. The molecule has 0 atom stereocenters. The minimum absolute atomic E-state index is 0.0509. The minimum Gasteiger partial charge on any atom is -0.356 e. The molecule has 0 saturated carbocycles. The fraction of sp³-hybridized carbons (Fsp3) is 0.583. The van der Waals surface area contributed by atoms with Gasteiger partial charge in [0.1, 0.15) is 5.01 Å². The molecule has 1 N–H and O–H groups in total. The molecule has 2 aromatic rings. The SMILES string of the molecule is Cc1nnc(NCc2cn(C)nc2C(C)(C)C)s1. The first-order chi connectivity index (χ1) is 8.36. The van der Waals surface area contributed by atoms with Gasteiger partial charge in [-0.25, -0.2) is 0 Å². The van der Waals surface area contributed by atoms with E-state index in [9.17, 15) is 0 Å². The van der Waals surface area contributed by atoms with Crippen LogP contribution < -0.4 is 5.32 Å². The van der Waals surface area contributed by atoms with Crippen LogP contribution in [0.25, 0.3) is 0 Å². The van der Waals surface area contributed by atoms with E-state index < -0.39 is 0 Å². The average molecular weight is 265 g/mol. The summed E-state index contributed by atoms with van der Waals surface area (Å²) in [7, 11) is 1.95. The molecule has 0 fully saturated rings. The molecule has 6 heteroatoms. The Balaban J connectivity index is 2.14. The second-order valence-corrected chi connectivity index (χ2v) is 6.59. The Kier molecular flexibility index (Phi) is 3.38. The number of nitrogens with one attached hydrogen (secondary N) is 1. The van der Waals surface area contributed by atoms with E-state index >= 15 is 0 Å². The average Bonchev–Trinajstić information content (AvgIpc) is 2.81. The van der Waals surface area contributed by atoms with Crippen LogP contribution in [0.5, 0.6) is 0 Å². The fourth-order valence-corrected chi connectivity index (χ4v) is 2.42. The van der Waals surface area contributed by atoms with Crippen molar-refractivity contribution in [2.24, 2.45) is 7.05 Å². The first-order valence-electron chi connectivity index (χ1n) is 5.93. The van der Waals surface area contributed by atoms with Gasteiger partial charge in [0.25, 0.3) is 0 Å². The molecule has 18 heavy (non-hydrogen) atoms. The van der Waals surface area contributed by atoms with Crippen LogP contribution in [-0.2, 0) is 19.0 Å². The summed E-state index contributed by atoms with van der Waals surface area (Å²) in [5.41, 5.74) is 2.38. The summed E-state index contributed by atoms with van der Waals surface area (Å²) in [6.07, 6.45) is 2.06. The maximum atomic E-state index is 4.54. The molecule has 0 spiro atoms. The van der Waals surface area contributed by atoms with Crippen molar-refractivity contribution in [3.63, 3.8) is 0 Å². The summed E-state index contributed by atoms with van der Waals surface area (Å²) in [5.74, 6) is 0. The van der Waals surface area contributed by atoms with Crippen LogP contribution in [0.15, 0.2) is 6.20 Å². The highest BCUT2D eigenvalue weighted by Gasteiger charge is 2.21. The van der Waals surface area contributed by atoms with E-state index in [1.54, 1.807) is 11.3 Å². The van der Waals surface area contributed by atoms with E-state index in [-0.39, 0.29) is 5.41 Å². The molecule has 0 saturated heterocycles. The van der Waals surface area contributed by atoms with Crippen molar-refractivity contribution in [2.45, 2.75) is 39.7 Å².